The van der Waals surface area contributed by atoms with Gasteiger partial charge in [-0.3, -0.25) is 0 Å². The van der Waals surface area contributed by atoms with Gasteiger partial charge in [0.05, 0.1) is 5.02 Å². The minimum atomic E-state index is 0.813. The van der Waals surface area contributed by atoms with Gasteiger partial charge in [0, 0.05) is 15.2 Å². The molecule has 0 radical (unpaired) electrons. The quantitative estimate of drug-likeness (QED) is 0.298. The Morgan fingerprint density at radius 3 is 1.85 bits per heavy atom. The Morgan fingerprint density at radius 2 is 1.38 bits per heavy atom. The zero-order chi connectivity index (χ0) is 19.9. The molecule has 0 bridgehead atoms. The van der Waals surface area contributed by atoms with E-state index in [4.69, 9.17) is 11.6 Å². The molecule has 0 aromatic heterocycles. The summed E-state index contributed by atoms with van der Waals surface area (Å²) in [5.41, 5.74) is 4.94. The highest BCUT2D eigenvalue weighted by atomic mass is 35.5. The number of rotatable bonds is 1. The van der Waals surface area contributed by atoms with E-state index in [1.807, 2.05) is 13.0 Å². The Hall–Kier alpha value is -1.35. The van der Waals surface area contributed by atoms with Crippen molar-refractivity contribution in [3.8, 4) is 0 Å². The fourth-order valence-corrected chi connectivity index (χ4v) is 3.51. The number of fused-ring (bicyclic) bond motifs is 1. The monoisotopic (exact) mass is 402 g/mol. The number of thiol groups is 2. The maximum Gasteiger partial charge on any atom is 0.0527 e. The van der Waals surface area contributed by atoms with Gasteiger partial charge in [-0.1, -0.05) is 53.9 Å². The molecule has 0 saturated heterocycles. The van der Waals surface area contributed by atoms with Gasteiger partial charge in [-0.15, -0.1) is 38.4 Å². The zero-order valence-electron chi connectivity index (χ0n) is 15.9. The Labute approximate surface area is 174 Å². The molecule has 0 N–H and O–H groups in total. The minimum Gasteiger partial charge on any atom is -0.143 e. The Bertz CT molecular complexity index is 847. The third-order valence-electron chi connectivity index (χ3n) is 4.06. The standard InChI is InChI=1S/C13H13ClS2.C8H10.C2H4/c1-3-8-4-10(15)5-9-6-11(16)7(2)13(14)12(8)9;1-7-3-5-8(2)6-4-7;1-2/h4-6,15-16H,3H2,1-2H3;3-6H,1-2H3;1-2H2. The summed E-state index contributed by atoms with van der Waals surface area (Å²) in [6, 6.07) is 14.6. The number of hydrogen-bond donors (Lipinski definition) is 2. The summed E-state index contributed by atoms with van der Waals surface area (Å²) in [4.78, 5) is 1.90. The predicted molar refractivity (Wildman–Crippen MR) is 125 cm³/mol. The second kappa shape index (κ2) is 10.7. The van der Waals surface area contributed by atoms with Gasteiger partial charge in [0.2, 0.25) is 0 Å². The smallest absolute Gasteiger partial charge is 0.0527 e. The van der Waals surface area contributed by atoms with Gasteiger partial charge < -0.3 is 0 Å². The molecule has 3 aromatic rings. The largest absolute Gasteiger partial charge is 0.143 e. The topological polar surface area (TPSA) is 0 Å². The van der Waals surface area contributed by atoms with E-state index in [1.54, 1.807) is 0 Å². The molecule has 138 valence electrons. The van der Waals surface area contributed by atoms with Crippen molar-refractivity contribution in [1.82, 2.24) is 0 Å². The van der Waals surface area contributed by atoms with E-state index >= 15 is 0 Å². The molecule has 0 fully saturated rings. The van der Waals surface area contributed by atoms with E-state index in [0.717, 1.165) is 37.6 Å². The Balaban J connectivity index is 0.000000284. The number of halogens is 1. The van der Waals surface area contributed by atoms with E-state index in [1.165, 1.54) is 16.7 Å². The summed E-state index contributed by atoms with van der Waals surface area (Å²) < 4.78 is 0. The normalized spacial score (nSPS) is 9.81. The van der Waals surface area contributed by atoms with Crippen LogP contribution in [0.1, 0.15) is 29.2 Å². The second-order valence-electron chi connectivity index (χ2n) is 6.05. The van der Waals surface area contributed by atoms with Gasteiger partial charge in [0.1, 0.15) is 0 Å². The lowest BCUT2D eigenvalue weighted by Crippen LogP contribution is -1.89. The van der Waals surface area contributed by atoms with Gasteiger partial charge >= 0.3 is 0 Å². The fourth-order valence-electron chi connectivity index (χ4n) is 2.56. The molecule has 0 heterocycles. The minimum absolute atomic E-state index is 0.813. The van der Waals surface area contributed by atoms with E-state index in [-0.39, 0.29) is 0 Å². The lowest BCUT2D eigenvalue weighted by molar-refractivity contribution is 1.14. The summed E-state index contributed by atoms with van der Waals surface area (Å²) in [5.74, 6) is 0. The summed E-state index contributed by atoms with van der Waals surface area (Å²) in [6.45, 7) is 14.3. The van der Waals surface area contributed by atoms with Gasteiger partial charge in [-0.05, 0) is 61.9 Å². The molecule has 0 spiro atoms. The van der Waals surface area contributed by atoms with Crippen molar-refractivity contribution in [2.45, 2.75) is 43.9 Å². The van der Waals surface area contributed by atoms with Crippen LogP contribution >= 0.6 is 36.9 Å². The molecule has 0 saturated carbocycles. The van der Waals surface area contributed by atoms with Crippen molar-refractivity contribution < 1.29 is 0 Å². The molecule has 0 amide bonds. The molecule has 0 aliphatic carbocycles. The number of hydrogen-bond acceptors (Lipinski definition) is 2. The Morgan fingerprint density at radius 1 is 0.885 bits per heavy atom. The average molecular weight is 403 g/mol. The van der Waals surface area contributed by atoms with Crippen molar-refractivity contribution in [3.63, 3.8) is 0 Å². The molecule has 0 unspecified atom stereocenters. The van der Waals surface area contributed by atoms with Crippen molar-refractivity contribution in [2.24, 2.45) is 0 Å². The van der Waals surface area contributed by atoms with E-state index in [2.05, 4.69) is 95.6 Å². The van der Waals surface area contributed by atoms with Crippen LogP contribution in [0.15, 0.2) is 65.4 Å². The van der Waals surface area contributed by atoms with Crippen LogP contribution in [0.2, 0.25) is 5.02 Å². The van der Waals surface area contributed by atoms with Gasteiger partial charge in [0.15, 0.2) is 0 Å². The first-order valence-electron chi connectivity index (χ1n) is 8.50. The van der Waals surface area contributed by atoms with Crippen molar-refractivity contribution in [3.05, 3.63) is 82.9 Å². The lowest BCUT2D eigenvalue weighted by atomic mass is 10.0. The van der Waals surface area contributed by atoms with Crippen LogP contribution in [-0.2, 0) is 6.42 Å². The molecular formula is C23H27ClS2. The van der Waals surface area contributed by atoms with Crippen molar-refractivity contribution in [2.75, 3.05) is 0 Å². The van der Waals surface area contributed by atoms with Crippen LogP contribution in [-0.4, -0.2) is 0 Å². The van der Waals surface area contributed by atoms with E-state index in [0.29, 0.717) is 0 Å². The number of aryl methyl sites for hydroxylation is 3. The summed E-state index contributed by atoms with van der Waals surface area (Å²) in [6.07, 6.45) is 0.954. The molecular weight excluding hydrogens is 376 g/mol. The van der Waals surface area contributed by atoms with E-state index in [9.17, 15) is 0 Å². The van der Waals surface area contributed by atoms with Crippen LogP contribution in [0.3, 0.4) is 0 Å². The van der Waals surface area contributed by atoms with Crippen LogP contribution < -0.4 is 0 Å². The van der Waals surface area contributed by atoms with Gasteiger partial charge in [-0.25, -0.2) is 0 Å². The lowest BCUT2D eigenvalue weighted by Gasteiger charge is -2.12. The zero-order valence-corrected chi connectivity index (χ0v) is 18.5. The molecule has 0 nitrogen and oxygen atoms in total. The first-order valence-corrected chi connectivity index (χ1v) is 9.77. The maximum atomic E-state index is 6.39. The molecule has 26 heavy (non-hydrogen) atoms. The van der Waals surface area contributed by atoms with Gasteiger partial charge in [-0.2, -0.15) is 0 Å². The van der Waals surface area contributed by atoms with Crippen LogP contribution in [0.5, 0.6) is 0 Å². The maximum absolute atomic E-state index is 6.39. The molecule has 3 heteroatoms. The Kier molecular flexibility index (Phi) is 9.35. The molecule has 0 aliphatic rings. The third kappa shape index (κ3) is 5.84. The highest BCUT2D eigenvalue weighted by Crippen LogP contribution is 2.35. The highest BCUT2D eigenvalue weighted by molar-refractivity contribution is 7.80. The highest BCUT2D eigenvalue weighted by Gasteiger charge is 2.10. The molecule has 3 rings (SSSR count). The van der Waals surface area contributed by atoms with Crippen LogP contribution in [0, 0.1) is 20.8 Å². The molecule has 0 atom stereocenters. The van der Waals surface area contributed by atoms with Crippen molar-refractivity contribution >= 4 is 47.6 Å². The van der Waals surface area contributed by atoms with E-state index < -0.39 is 0 Å². The molecule has 3 aromatic carbocycles. The van der Waals surface area contributed by atoms with Gasteiger partial charge in [0.25, 0.3) is 0 Å². The average Bonchev–Trinajstić information content (AvgIpc) is 2.63. The third-order valence-corrected chi connectivity index (χ3v) is 5.25. The first kappa shape index (κ1) is 22.7. The summed E-state index contributed by atoms with van der Waals surface area (Å²) in [5, 5.41) is 3.06. The number of benzene rings is 3. The van der Waals surface area contributed by atoms with Crippen molar-refractivity contribution in [1.29, 1.82) is 0 Å². The molecule has 0 aliphatic heterocycles. The fraction of sp³-hybridized carbons (Fsp3) is 0.217. The van der Waals surface area contributed by atoms with Crippen LogP contribution in [0.25, 0.3) is 10.8 Å². The summed E-state index contributed by atoms with van der Waals surface area (Å²) in [7, 11) is 0. The predicted octanol–water partition coefficient (Wildman–Crippen LogP) is 8.05. The second-order valence-corrected chi connectivity index (χ2v) is 7.42. The van der Waals surface area contributed by atoms with Crippen LogP contribution in [0.4, 0.5) is 0 Å². The SMILES string of the molecule is C=C.CCc1cc(S)cc2cc(S)c(C)c(Cl)c12.Cc1ccc(C)cc1. The summed E-state index contributed by atoms with van der Waals surface area (Å²) >= 11 is 15.2. The first-order chi connectivity index (χ1) is 12.3.